The number of carbonyl (C=O) groups is 1. The molecule has 18 heavy (non-hydrogen) atoms. The van der Waals surface area contributed by atoms with Gasteiger partial charge in [0.1, 0.15) is 0 Å². The third kappa shape index (κ3) is 5.21. The number of hydrogen-bond acceptors (Lipinski definition) is 2. The Bertz CT molecular complexity index is 382. The first-order valence-electron chi connectivity index (χ1n) is 6.58. The van der Waals surface area contributed by atoms with Crippen LogP contribution < -0.4 is 11.1 Å². The Labute approximate surface area is 110 Å². The monoisotopic (exact) mass is 248 g/mol. The van der Waals surface area contributed by atoms with Gasteiger partial charge in [0.2, 0.25) is 5.91 Å². The maximum absolute atomic E-state index is 11.8. The molecule has 0 saturated carbocycles. The number of rotatable bonds is 6. The van der Waals surface area contributed by atoms with Gasteiger partial charge in [0, 0.05) is 17.6 Å². The van der Waals surface area contributed by atoms with Crippen molar-refractivity contribution in [2.75, 3.05) is 5.73 Å². The molecule has 0 aromatic heterocycles. The molecule has 1 aromatic carbocycles. The minimum absolute atomic E-state index is 0.104. The van der Waals surface area contributed by atoms with E-state index in [1.165, 1.54) is 0 Å². The quantitative estimate of drug-likeness (QED) is 0.761. The first-order chi connectivity index (χ1) is 8.43. The summed E-state index contributed by atoms with van der Waals surface area (Å²) in [5, 5.41) is 3.08. The normalized spacial score (nSPS) is 11.3. The molecule has 100 valence electrons. The lowest BCUT2D eigenvalue weighted by molar-refractivity contribution is -0.122. The molecule has 0 spiro atoms. The Balaban J connectivity index is 2.39. The molecule has 0 aliphatic carbocycles. The Morgan fingerprint density at radius 3 is 2.44 bits per heavy atom. The second-order valence-electron chi connectivity index (χ2n) is 5.42. The Morgan fingerprint density at radius 2 is 1.89 bits per heavy atom. The maximum Gasteiger partial charge on any atom is 0.220 e. The van der Waals surface area contributed by atoms with Crippen LogP contribution in [0, 0.1) is 0 Å². The van der Waals surface area contributed by atoms with Crippen LogP contribution in [0.5, 0.6) is 0 Å². The molecule has 0 unspecified atom stereocenters. The zero-order chi connectivity index (χ0) is 13.6. The summed E-state index contributed by atoms with van der Waals surface area (Å²) in [5.41, 5.74) is 7.42. The highest BCUT2D eigenvalue weighted by Gasteiger charge is 2.18. The molecule has 0 aliphatic heterocycles. The number of benzene rings is 1. The molecule has 0 atom stereocenters. The number of aryl methyl sites for hydroxylation is 1. The number of nitrogens with one attached hydrogen (secondary N) is 1. The molecule has 0 bridgehead atoms. The molecular weight excluding hydrogens is 224 g/mol. The van der Waals surface area contributed by atoms with Gasteiger partial charge >= 0.3 is 0 Å². The fourth-order valence-electron chi connectivity index (χ4n) is 2.07. The number of hydrogen-bond donors (Lipinski definition) is 2. The molecule has 1 rings (SSSR count). The average molecular weight is 248 g/mol. The molecule has 0 aliphatic rings. The van der Waals surface area contributed by atoms with Gasteiger partial charge < -0.3 is 11.1 Å². The molecule has 0 radical (unpaired) electrons. The predicted octanol–water partition coefficient (Wildman–Crippen LogP) is 2.90. The average Bonchev–Trinajstić information content (AvgIpc) is 2.27. The number of amides is 1. The fourth-order valence-corrected chi connectivity index (χ4v) is 2.07. The van der Waals surface area contributed by atoms with E-state index in [0.717, 1.165) is 30.5 Å². The molecule has 0 heterocycles. The van der Waals surface area contributed by atoms with Crippen molar-refractivity contribution < 1.29 is 4.79 Å². The third-order valence-corrected chi connectivity index (χ3v) is 2.97. The van der Waals surface area contributed by atoms with Crippen molar-refractivity contribution in [3.05, 3.63) is 29.8 Å². The van der Waals surface area contributed by atoms with Crippen LogP contribution >= 0.6 is 0 Å². The number of nitrogens with two attached hydrogens (primary N) is 1. The summed E-state index contributed by atoms with van der Waals surface area (Å²) in [5.74, 6) is 0.116. The first-order valence-corrected chi connectivity index (χ1v) is 6.58. The van der Waals surface area contributed by atoms with Gasteiger partial charge in [-0.2, -0.15) is 0 Å². The van der Waals surface area contributed by atoms with Crippen molar-refractivity contribution >= 4 is 11.6 Å². The van der Waals surface area contributed by atoms with E-state index in [2.05, 4.69) is 26.1 Å². The minimum Gasteiger partial charge on any atom is -0.399 e. The van der Waals surface area contributed by atoms with Crippen LogP contribution in [-0.2, 0) is 11.2 Å². The molecule has 3 N–H and O–H groups in total. The molecular formula is C15H24N2O. The Morgan fingerprint density at radius 1 is 1.28 bits per heavy atom. The molecule has 1 aromatic rings. The highest BCUT2D eigenvalue weighted by molar-refractivity contribution is 5.77. The van der Waals surface area contributed by atoms with Crippen molar-refractivity contribution in [2.45, 2.75) is 52.0 Å². The van der Waals surface area contributed by atoms with E-state index in [0.29, 0.717) is 6.42 Å². The topological polar surface area (TPSA) is 55.1 Å². The molecule has 0 fully saturated rings. The van der Waals surface area contributed by atoms with Gasteiger partial charge in [0.15, 0.2) is 0 Å². The molecule has 0 saturated heterocycles. The summed E-state index contributed by atoms with van der Waals surface area (Å²) < 4.78 is 0. The zero-order valence-corrected chi connectivity index (χ0v) is 11.6. The summed E-state index contributed by atoms with van der Waals surface area (Å²) in [6, 6.07) is 7.68. The Kier molecular flexibility index (Phi) is 5.20. The SMILES string of the molecule is CCCC(C)(C)NC(=O)CCc1ccc(N)cc1. The van der Waals surface area contributed by atoms with Gasteiger partial charge in [0.25, 0.3) is 0 Å². The van der Waals surface area contributed by atoms with Gasteiger partial charge in [-0.05, 0) is 44.4 Å². The van der Waals surface area contributed by atoms with Crippen molar-refractivity contribution in [1.82, 2.24) is 5.32 Å². The van der Waals surface area contributed by atoms with E-state index < -0.39 is 0 Å². The van der Waals surface area contributed by atoms with E-state index in [4.69, 9.17) is 5.73 Å². The summed E-state index contributed by atoms with van der Waals surface area (Å²) in [6.45, 7) is 6.26. The lowest BCUT2D eigenvalue weighted by Gasteiger charge is -2.25. The van der Waals surface area contributed by atoms with E-state index in [1.807, 2.05) is 24.3 Å². The van der Waals surface area contributed by atoms with Gasteiger partial charge in [0.05, 0.1) is 0 Å². The van der Waals surface area contributed by atoms with Crippen LogP contribution in [0.25, 0.3) is 0 Å². The second kappa shape index (κ2) is 6.43. The van der Waals surface area contributed by atoms with E-state index in [9.17, 15) is 4.79 Å². The van der Waals surface area contributed by atoms with Crippen LogP contribution in [0.3, 0.4) is 0 Å². The van der Waals surface area contributed by atoms with Gasteiger partial charge in [-0.15, -0.1) is 0 Å². The lowest BCUT2D eigenvalue weighted by atomic mass is 9.98. The van der Waals surface area contributed by atoms with Crippen molar-refractivity contribution in [3.8, 4) is 0 Å². The highest BCUT2D eigenvalue weighted by Crippen LogP contribution is 2.12. The van der Waals surface area contributed by atoms with Crippen LogP contribution in [0.15, 0.2) is 24.3 Å². The highest BCUT2D eigenvalue weighted by atomic mass is 16.1. The lowest BCUT2D eigenvalue weighted by Crippen LogP contribution is -2.43. The zero-order valence-electron chi connectivity index (χ0n) is 11.6. The summed E-state index contributed by atoms with van der Waals surface area (Å²) in [7, 11) is 0. The van der Waals surface area contributed by atoms with Gasteiger partial charge in [-0.3, -0.25) is 4.79 Å². The van der Waals surface area contributed by atoms with Gasteiger partial charge in [-0.1, -0.05) is 25.5 Å². The van der Waals surface area contributed by atoms with E-state index in [1.54, 1.807) is 0 Å². The maximum atomic E-state index is 11.8. The van der Waals surface area contributed by atoms with E-state index in [-0.39, 0.29) is 11.4 Å². The van der Waals surface area contributed by atoms with Crippen LogP contribution in [0.2, 0.25) is 0 Å². The minimum atomic E-state index is -0.104. The smallest absolute Gasteiger partial charge is 0.220 e. The largest absolute Gasteiger partial charge is 0.399 e. The summed E-state index contributed by atoms with van der Waals surface area (Å²) in [6.07, 6.45) is 3.36. The molecule has 3 heteroatoms. The summed E-state index contributed by atoms with van der Waals surface area (Å²) in [4.78, 5) is 11.8. The summed E-state index contributed by atoms with van der Waals surface area (Å²) >= 11 is 0. The van der Waals surface area contributed by atoms with Crippen molar-refractivity contribution in [1.29, 1.82) is 0 Å². The van der Waals surface area contributed by atoms with Crippen molar-refractivity contribution in [3.63, 3.8) is 0 Å². The predicted molar refractivity (Wildman–Crippen MR) is 76.3 cm³/mol. The van der Waals surface area contributed by atoms with Crippen LogP contribution in [-0.4, -0.2) is 11.4 Å². The first kappa shape index (κ1) is 14.6. The fraction of sp³-hybridized carbons (Fsp3) is 0.533. The number of carbonyl (C=O) groups excluding carboxylic acids is 1. The second-order valence-corrected chi connectivity index (χ2v) is 5.42. The number of nitrogen functional groups attached to an aromatic ring is 1. The Hall–Kier alpha value is -1.51. The third-order valence-electron chi connectivity index (χ3n) is 2.97. The van der Waals surface area contributed by atoms with Gasteiger partial charge in [-0.25, -0.2) is 0 Å². The van der Waals surface area contributed by atoms with Crippen LogP contribution in [0.4, 0.5) is 5.69 Å². The molecule has 3 nitrogen and oxygen atoms in total. The number of anilines is 1. The van der Waals surface area contributed by atoms with Crippen molar-refractivity contribution in [2.24, 2.45) is 0 Å². The molecule has 1 amide bonds. The van der Waals surface area contributed by atoms with Crippen LogP contribution in [0.1, 0.15) is 45.6 Å². The standard InChI is InChI=1S/C15H24N2O/c1-4-11-15(2,3)17-14(18)10-7-12-5-8-13(16)9-6-12/h5-6,8-9H,4,7,10-11,16H2,1-3H3,(H,17,18). The van der Waals surface area contributed by atoms with E-state index >= 15 is 0 Å².